The molecule has 0 aliphatic carbocycles. The first kappa shape index (κ1) is 15.5. The first-order valence-electron chi connectivity index (χ1n) is 5.54. The zero-order valence-corrected chi connectivity index (χ0v) is 13.9. The lowest BCUT2D eigenvalue weighted by molar-refractivity contribution is -0.137. The molecule has 1 aromatic carbocycles. The van der Waals surface area contributed by atoms with Crippen LogP contribution in [0.15, 0.2) is 32.9 Å². The van der Waals surface area contributed by atoms with Crippen molar-refractivity contribution in [1.82, 2.24) is 4.90 Å². The summed E-state index contributed by atoms with van der Waals surface area (Å²) in [5.41, 5.74) is 0.736. The number of rotatable bonds is 4. The van der Waals surface area contributed by atoms with Gasteiger partial charge in [0, 0.05) is 20.0 Å². The maximum absolute atomic E-state index is 12.0. The number of amides is 2. The molecule has 0 fully saturated rings. The minimum absolute atomic E-state index is 0.0255. The number of anilines is 1. The van der Waals surface area contributed by atoms with Gasteiger partial charge >= 0.3 is 0 Å². The van der Waals surface area contributed by atoms with Crippen molar-refractivity contribution in [3.05, 3.63) is 37.9 Å². The van der Waals surface area contributed by atoms with Gasteiger partial charge in [-0.3, -0.25) is 14.5 Å². The van der Waals surface area contributed by atoms with Crippen LogP contribution < -0.4 is 5.32 Å². The van der Waals surface area contributed by atoms with Crippen LogP contribution in [0.2, 0.25) is 5.02 Å². The summed E-state index contributed by atoms with van der Waals surface area (Å²) in [6, 6.07) is 3.34. The SMILES string of the molecule is O=C1C=C(Nc2c(Br)cc(Cl)cc2Br)C(=O)N1CCO. The molecule has 1 aliphatic heterocycles. The number of β-amino-alcohol motifs (C(OH)–C–C–N with tert-alkyl or cyclic N) is 1. The van der Waals surface area contributed by atoms with Crippen LogP contribution in [0.3, 0.4) is 0 Å². The van der Waals surface area contributed by atoms with Crippen molar-refractivity contribution >= 4 is 61.0 Å². The molecule has 2 N–H and O–H groups in total. The van der Waals surface area contributed by atoms with Crippen molar-refractivity contribution in [3.63, 3.8) is 0 Å². The Morgan fingerprint density at radius 1 is 1.25 bits per heavy atom. The molecule has 0 unspecified atom stereocenters. The first-order valence-corrected chi connectivity index (χ1v) is 7.50. The molecule has 1 aromatic rings. The third kappa shape index (κ3) is 3.06. The maximum Gasteiger partial charge on any atom is 0.277 e. The largest absolute Gasteiger partial charge is 0.395 e. The normalized spacial score (nSPS) is 14.8. The Morgan fingerprint density at radius 2 is 1.85 bits per heavy atom. The summed E-state index contributed by atoms with van der Waals surface area (Å²) in [4.78, 5) is 24.6. The minimum atomic E-state index is -0.474. The average Bonchev–Trinajstić information content (AvgIpc) is 2.62. The molecule has 1 aliphatic rings. The van der Waals surface area contributed by atoms with Gasteiger partial charge in [0.15, 0.2) is 0 Å². The van der Waals surface area contributed by atoms with Gasteiger partial charge in [0.2, 0.25) is 0 Å². The number of nitrogens with one attached hydrogen (secondary N) is 1. The summed E-state index contributed by atoms with van der Waals surface area (Å²) in [7, 11) is 0. The summed E-state index contributed by atoms with van der Waals surface area (Å²) < 4.78 is 1.30. The fourth-order valence-electron chi connectivity index (χ4n) is 1.71. The van der Waals surface area contributed by atoms with Crippen LogP contribution in [-0.4, -0.2) is 35.0 Å². The van der Waals surface area contributed by atoms with E-state index in [-0.39, 0.29) is 18.8 Å². The van der Waals surface area contributed by atoms with E-state index in [2.05, 4.69) is 37.2 Å². The molecule has 8 heteroatoms. The Balaban J connectivity index is 2.26. The molecule has 0 saturated carbocycles. The van der Waals surface area contributed by atoms with E-state index in [0.717, 1.165) is 4.90 Å². The Bertz CT molecular complexity index is 596. The van der Waals surface area contributed by atoms with Gasteiger partial charge in [-0.05, 0) is 44.0 Å². The Morgan fingerprint density at radius 3 is 2.40 bits per heavy atom. The van der Waals surface area contributed by atoms with Crippen LogP contribution in [0, 0.1) is 0 Å². The fraction of sp³-hybridized carbons (Fsp3) is 0.167. The average molecular weight is 424 g/mol. The van der Waals surface area contributed by atoms with Crippen LogP contribution in [-0.2, 0) is 9.59 Å². The number of carbonyl (C=O) groups excluding carboxylic acids is 2. The van der Waals surface area contributed by atoms with E-state index in [1.807, 2.05) is 0 Å². The van der Waals surface area contributed by atoms with Gasteiger partial charge < -0.3 is 10.4 Å². The van der Waals surface area contributed by atoms with E-state index in [9.17, 15) is 9.59 Å². The Hall–Kier alpha value is -0.890. The number of hydrogen-bond donors (Lipinski definition) is 2. The van der Waals surface area contributed by atoms with Crippen molar-refractivity contribution in [2.24, 2.45) is 0 Å². The molecule has 0 spiro atoms. The highest BCUT2D eigenvalue weighted by Crippen LogP contribution is 2.35. The molecule has 0 aromatic heterocycles. The number of aliphatic hydroxyl groups excluding tert-OH is 1. The second-order valence-electron chi connectivity index (χ2n) is 3.95. The predicted molar refractivity (Wildman–Crippen MR) is 82.4 cm³/mol. The molecule has 2 rings (SSSR count). The molecule has 5 nitrogen and oxygen atoms in total. The Labute approximate surface area is 136 Å². The van der Waals surface area contributed by atoms with E-state index < -0.39 is 11.8 Å². The summed E-state index contributed by atoms with van der Waals surface area (Å²) >= 11 is 12.6. The van der Waals surface area contributed by atoms with E-state index in [1.165, 1.54) is 6.08 Å². The number of halogens is 3. The Kier molecular flexibility index (Phi) is 4.85. The summed E-state index contributed by atoms with van der Waals surface area (Å²) in [5.74, 6) is -0.925. The summed E-state index contributed by atoms with van der Waals surface area (Å²) in [6.45, 7) is -0.296. The zero-order chi connectivity index (χ0) is 14.9. The second-order valence-corrected chi connectivity index (χ2v) is 6.09. The van der Waals surface area contributed by atoms with Crippen LogP contribution in [0.4, 0.5) is 5.69 Å². The summed E-state index contributed by atoms with van der Waals surface area (Å²) in [6.07, 6.45) is 1.20. The lowest BCUT2D eigenvalue weighted by Gasteiger charge is -2.15. The molecule has 0 atom stereocenters. The lowest BCUT2D eigenvalue weighted by Crippen LogP contribution is -2.34. The van der Waals surface area contributed by atoms with E-state index in [4.69, 9.17) is 16.7 Å². The molecule has 20 heavy (non-hydrogen) atoms. The number of nitrogens with zero attached hydrogens (tertiary/aromatic N) is 1. The molecule has 106 valence electrons. The number of aliphatic hydroxyl groups is 1. The third-order valence-electron chi connectivity index (χ3n) is 2.60. The van der Waals surface area contributed by atoms with Crippen LogP contribution in [0.5, 0.6) is 0 Å². The number of benzene rings is 1. The van der Waals surface area contributed by atoms with E-state index in [1.54, 1.807) is 12.1 Å². The van der Waals surface area contributed by atoms with Gasteiger partial charge in [-0.1, -0.05) is 11.6 Å². The molecule has 0 radical (unpaired) electrons. The zero-order valence-electron chi connectivity index (χ0n) is 9.99. The number of hydrogen-bond acceptors (Lipinski definition) is 4. The standard InChI is InChI=1S/C12H9Br2ClN2O3/c13-7-3-6(15)4-8(14)11(7)16-9-5-10(19)17(1-2-18)12(9)20/h3-5,16,18H,1-2H2. The number of carbonyl (C=O) groups is 2. The van der Waals surface area contributed by atoms with Crippen LogP contribution in [0.25, 0.3) is 0 Å². The van der Waals surface area contributed by atoms with Crippen LogP contribution >= 0.6 is 43.5 Å². The third-order valence-corrected chi connectivity index (χ3v) is 4.07. The predicted octanol–water partition coefficient (Wildman–Crippen LogP) is 2.52. The lowest BCUT2D eigenvalue weighted by atomic mass is 10.3. The van der Waals surface area contributed by atoms with Crippen molar-refractivity contribution in [3.8, 4) is 0 Å². The van der Waals surface area contributed by atoms with E-state index >= 15 is 0 Å². The monoisotopic (exact) mass is 422 g/mol. The van der Waals surface area contributed by atoms with E-state index in [0.29, 0.717) is 19.7 Å². The smallest absolute Gasteiger partial charge is 0.277 e. The molecular weight excluding hydrogens is 415 g/mol. The molecule has 2 amide bonds. The summed E-state index contributed by atoms with van der Waals surface area (Å²) in [5, 5.41) is 12.3. The van der Waals surface area contributed by atoms with Gasteiger partial charge in [-0.15, -0.1) is 0 Å². The quantitative estimate of drug-likeness (QED) is 0.729. The van der Waals surface area contributed by atoms with Gasteiger partial charge in [-0.25, -0.2) is 0 Å². The molecular formula is C12H9Br2ClN2O3. The topological polar surface area (TPSA) is 69.6 Å². The fourth-order valence-corrected chi connectivity index (χ4v) is 3.57. The van der Waals surface area contributed by atoms with Gasteiger partial charge in [-0.2, -0.15) is 0 Å². The first-order chi connectivity index (χ1) is 9.43. The molecule has 1 heterocycles. The highest BCUT2D eigenvalue weighted by Gasteiger charge is 2.31. The second kappa shape index (κ2) is 6.26. The number of imide groups is 1. The molecule has 0 bridgehead atoms. The highest BCUT2D eigenvalue weighted by atomic mass is 79.9. The van der Waals surface area contributed by atoms with Gasteiger partial charge in [0.1, 0.15) is 5.70 Å². The minimum Gasteiger partial charge on any atom is -0.395 e. The van der Waals surface area contributed by atoms with Crippen molar-refractivity contribution in [1.29, 1.82) is 0 Å². The van der Waals surface area contributed by atoms with Gasteiger partial charge in [0.05, 0.1) is 18.8 Å². The van der Waals surface area contributed by atoms with Gasteiger partial charge in [0.25, 0.3) is 11.8 Å². The molecule has 0 saturated heterocycles. The maximum atomic E-state index is 12.0. The van der Waals surface area contributed by atoms with Crippen LogP contribution in [0.1, 0.15) is 0 Å². The van der Waals surface area contributed by atoms with Crippen molar-refractivity contribution < 1.29 is 14.7 Å². The van der Waals surface area contributed by atoms with Crippen molar-refractivity contribution in [2.75, 3.05) is 18.5 Å². The van der Waals surface area contributed by atoms with Crippen molar-refractivity contribution in [2.45, 2.75) is 0 Å². The highest BCUT2D eigenvalue weighted by molar-refractivity contribution is 9.11.